The molecule has 8 heteroatoms. The van der Waals surface area contributed by atoms with Crippen molar-refractivity contribution in [2.45, 2.75) is 58.9 Å². The largest absolute Gasteiger partial charge is 0.383 e. The predicted molar refractivity (Wildman–Crippen MR) is 120 cm³/mol. The SMILES string of the molecule is CCCCCN(C(=O)Cc1ccc(Br)cc1)c1c(N)n(CCCC)c(=O)[nH]c1=O. The Morgan fingerprint density at radius 3 is 2.38 bits per heavy atom. The van der Waals surface area contributed by atoms with Gasteiger partial charge in [0.05, 0.1) is 6.42 Å². The summed E-state index contributed by atoms with van der Waals surface area (Å²) < 4.78 is 2.28. The van der Waals surface area contributed by atoms with E-state index in [2.05, 4.69) is 27.8 Å². The molecule has 1 amide bonds. The van der Waals surface area contributed by atoms with Crippen LogP contribution in [0.2, 0.25) is 0 Å². The summed E-state index contributed by atoms with van der Waals surface area (Å²) in [5, 5.41) is 0. The number of anilines is 2. The number of unbranched alkanes of at least 4 members (excludes halogenated alkanes) is 3. The Morgan fingerprint density at radius 2 is 1.76 bits per heavy atom. The first kappa shape index (κ1) is 22.9. The second-order valence-electron chi connectivity index (χ2n) is 7.05. The molecule has 1 heterocycles. The summed E-state index contributed by atoms with van der Waals surface area (Å²) >= 11 is 3.38. The molecule has 0 aliphatic rings. The number of halogens is 1. The number of hydrogen-bond acceptors (Lipinski definition) is 4. The summed E-state index contributed by atoms with van der Waals surface area (Å²) in [6.45, 7) is 4.85. The normalized spacial score (nSPS) is 10.9. The second kappa shape index (κ2) is 11.0. The van der Waals surface area contributed by atoms with Gasteiger partial charge in [-0.05, 0) is 30.5 Å². The molecule has 0 saturated carbocycles. The van der Waals surface area contributed by atoms with Gasteiger partial charge in [-0.1, -0.05) is 61.2 Å². The summed E-state index contributed by atoms with van der Waals surface area (Å²) in [5.41, 5.74) is 5.97. The van der Waals surface area contributed by atoms with Gasteiger partial charge in [0.2, 0.25) is 5.91 Å². The van der Waals surface area contributed by atoms with E-state index < -0.39 is 11.2 Å². The fraction of sp³-hybridized carbons (Fsp3) is 0.476. The molecule has 1 aromatic heterocycles. The number of carbonyl (C=O) groups is 1. The monoisotopic (exact) mass is 464 g/mol. The fourth-order valence-electron chi connectivity index (χ4n) is 3.13. The first-order valence-corrected chi connectivity index (χ1v) is 10.9. The highest BCUT2D eigenvalue weighted by Gasteiger charge is 2.24. The van der Waals surface area contributed by atoms with Gasteiger partial charge in [0.15, 0.2) is 5.69 Å². The lowest BCUT2D eigenvalue weighted by Gasteiger charge is -2.24. The van der Waals surface area contributed by atoms with E-state index in [9.17, 15) is 14.4 Å². The Kier molecular flexibility index (Phi) is 8.70. The van der Waals surface area contributed by atoms with Gasteiger partial charge in [0.1, 0.15) is 5.82 Å². The molecule has 0 aliphatic carbocycles. The molecule has 1 aromatic carbocycles. The van der Waals surface area contributed by atoms with Crippen LogP contribution < -0.4 is 21.9 Å². The maximum atomic E-state index is 13.1. The third-order valence-electron chi connectivity index (χ3n) is 4.77. The number of nitrogens with two attached hydrogens (primary N) is 1. The minimum atomic E-state index is -0.624. The van der Waals surface area contributed by atoms with E-state index in [4.69, 9.17) is 5.73 Å². The smallest absolute Gasteiger partial charge is 0.330 e. The average Bonchev–Trinajstić information content (AvgIpc) is 2.68. The van der Waals surface area contributed by atoms with Crippen LogP contribution in [0.1, 0.15) is 51.5 Å². The van der Waals surface area contributed by atoms with Gasteiger partial charge in [-0.25, -0.2) is 4.79 Å². The minimum Gasteiger partial charge on any atom is -0.383 e. The van der Waals surface area contributed by atoms with Gasteiger partial charge in [-0.2, -0.15) is 0 Å². The number of rotatable bonds is 10. The predicted octanol–water partition coefficient (Wildman–Crippen LogP) is 3.45. The molecule has 0 bridgehead atoms. The van der Waals surface area contributed by atoms with Crippen molar-refractivity contribution in [2.75, 3.05) is 17.2 Å². The number of amides is 1. The highest BCUT2D eigenvalue weighted by molar-refractivity contribution is 9.10. The van der Waals surface area contributed by atoms with Crippen molar-refractivity contribution < 1.29 is 4.79 Å². The van der Waals surface area contributed by atoms with Crippen LogP contribution in [-0.4, -0.2) is 22.0 Å². The molecule has 7 nitrogen and oxygen atoms in total. The van der Waals surface area contributed by atoms with Gasteiger partial charge in [-0.15, -0.1) is 0 Å². The summed E-state index contributed by atoms with van der Waals surface area (Å²) in [6, 6.07) is 7.47. The van der Waals surface area contributed by atoms with Crippen LogP contribution in [0.25, 0.3) is 0 Å². The van der Waals surface area contributed by atoms with Crippen molar-refractivity contribution in [1.82, 2.24) is 9.55 Å². The van der Waals surface area contributed by atoms with Crippen molar-refractivity contribution in [3.63, 3.8) is 0 Å². The molecule has 2 rings (SSSR count). The molecule has 0 unspecified atom stereocenters. The van der Waals surface area contributed by atoms with E-state index in [0.717, 1.165) is 42.1 Å². The third-order valence-corrected chi connectivity index (χ3v) is 5.30. The minimum absolute atomic E-state index is 0.0489. The molecule has 0 aliphatic heterocycles. The maximum Gasteiger partial charge on any atom is 0.330 e. The van der Waals surface area contributed by atoms with Crippen LogP contribution in [-0.2, 0) is 17.8 Å². The zero-order valence-corrected chi connectivity index (χ0v) is 18.6. The number of aromatic nitrogens is 2. The van der Waals surface area contributed by atoms with Gasteiger partial charge >= 0.3 is 5.69 Å². The number of H-pyrrole nitrogens is 1. The number of hydrogen-bond donors (Lipinski definition) is 2. The molecule has 29 heavy (non-hydrogen) atoms. The maximum absolute atomic E-state index is 13.1. The third kappa shape index (κ3) is 6.06. The van der Waals surface area contributed by atoms with E-state index in [1.54, 1.807) is 0 Å². The molecule has 0 fully saturated rings. The lowest BCUT2D eigenvalue weighted by atomic mass is 10.1. The molecule has 158 valence electrons. The summed E-state index contributed by atoms with van der Waals surface area (Å²) in [7, 11) is 0. The Labute approximate surface area is 179 Å². The van der Waals surface area contributed by atoms with Crippen LogP contribution in [0.15, 0.2) is 38.3 Å². The lowest BCUT2D eigenvalue weighted by Crippen LogP contribution is -2.42. The van der Waals surface area contributed by atoms with E-state index in [-0.39, 0.29) is 23.8 Å². The van der Waals surface area contributed by atoms with Crippen molar-refractivity contribution in [1.29, 1.82) is 0 Å². The summed E-state index contributed by atoms with van der Waals surface area (Å²) in [5.74, 6) is -0.172. The molecular weight excluding hydrogens is 436 g/mol. The molecule has 3 N–H and O–H groups in total. The molecule has 0 spiro atoms. The molecule has 0 atom stereocenters. The van der Waals surface area contributed by atoms with E-state index in [0.29, 0.717) is 13.1 Å². The van der Waals surface area contributed by atoms with Gasteiger partial charge in [0.25, 0.3) is 5.56 Å². The zero-order chi connectivity index (χ0) is 21.4. The van der Waals surface area contributed by atoms with Crippen LogP contribution in [0, 0.1) is 0 Å². The van der Waals surface area contributed by atoms with Crippen LogP contribution in [0.3, 0.4) is 0 Å². The number of aromatic amines is 1. The summed E-state index contributed by atoms with van der Waals surface area (Å²) in [4.78, 5) is 41.7. The van der Waals surface area contributed by atoms with Gasteiger partial charge in [0, 0.05) is 17.6 Å². The van der Waals surface area contributed by atoms with Crippen molar-refractivity contribution in [3.8, 4) is 0 Å². The van der Waals surface area contributed by atoms with Crippen LogP contribution in [0.4, 0.5) is 11.5 Å². The lowest BCUT2D eigenvalue weighted by molar-refractivity contribution is -0.118. The standard InChI is InChI=1S/C21H29BrN4O3/c1-3-5-7-13-25(17(27)14-15-8-10-16(22)11-9-15)18-19(23)26(12-6-4-2)21(29)24-20(18)28/h8-11H,3-7,12-14,23H2,1-2H3,(H,24,28,29). The van der Waals surface area contributed by atoms with E-state index in [1.165, 1.54) is 9.47 Å². The van der Waals surface area contributed by atoms with E-state index in [1.807, 2.05) is 31.2 Å². The number of carbonyl (C=O) groups excluding carboxylic acids is 1. The van der Waals surface area contributed by atoms with Crippen molar-refractivity contribution in [3.05, 3.63) is 55.1 Å². The van der Waals surface area contributed by atoms with Crippen LogP contribution in [0.5, 0.6) is 0 Å². The van der Waals surface area contributed by atoms with Crippen molar-refractivity contribution >= 4 is 33.3 Å². The van der Waals surface area contributed by atoms with E-state index >= 15 is 0 Å². The first-order valence-electron chi connectivity index (χ1n) is 10.1. The first-order chi connectivity index (χ1) is 13.9. The Morgan fingerprint density at radius 1 is 1.10 bits per heavy atom. The van der Waals surface area contributed by atoms with Gasteiger partial charge in [-0.3, -0.25) is 19.1 Å². The number of nitrogens with one attached hydrogen (secondary N) is 1. The number of benzene rings is 1. The second-order valence-corrected chi connectivity index (χ2v) is 7.97. The number of nitrogens with zero attached hydrogens (tertiary/aromatic N) is 2. The topological polar surface area (TPSA) is 101 Å². The van der Waals surface area contributed by atoms with Crippen molar-refractivity contribution in [2.24, 2.45) is 0 Å². The fourth-order valence-corrected chi connectivity index (χ4v) is 3.39. The highest BCUT2D eigenvalue weighted by atomic mass is 79.9. The average molecular weight is 465 g/mol. The Hall–Kier alpha value is -2.35. The van der Waals surface area contributed by atoms with Gasteiger partial charge < -0.3 is 10.6 Å². The molecule has 0 radical (unpaired) electrons. The number of nitrogen functional groups attached to an aromatic ring is 1. The molecule has 2 aromatic rings. The molecular formula is C21H29BrN4O3. The Balaban J connectivity index is 2.42. The molecule has 0 saturated heterocycles. The zero-order valence-electron chi connectivity index (χ0n) is 17.0. The highest BCUT2D eigenvalue weighted by Crippen LogP contribution is 2.20. The van der Waals surface area contributed by atoms with Crippen LogP contribution >= 0.6 is 15.9 Å². The summed E-state index contributed by atoms with van der Waals surface area (Å²) in [6.07, 6.45) is 4.43. The Bertz CT molecular complexity index is 934. The quantitative estimate of drug-likeness (QED) is 0.525.